The van der Waals surface area contributed by atoms with Gasteiger partial charge in [0.05, 0.1) is 40.6 Å². The minimum Gasteiger partial charge on any atom is -0.464 e. The van der Waals surface area contributed by atoms with Crippen LogP contribution in [0.25, 0.3) is 27.7 Å². The Morgan fingerprint density at radius 1 is 1.26 bits per heavy atom. The fraction of sp³-hybridized carbons (Fsp3) is 0.537. The summed E-state index contributed by atoms with van der Waals surface area (Å²) in [5.74, 6) is -1.03. The number of carbonyl (C=O) groups is 3. The number of aliphatic imine (C=N–C) groups is 1. The summed E-state index contributed by atoms with van der Waals surface area (Å²) in [5.41, 5.74) is 8.84. The highest BCUT2D eigenvalue weighted by Gasteiger charge is 2.39. The van der Waals surface area contributed by atoms with E-state index >= 15 is 0 Å². The largest absolute Gasteiger partial charge is 0.464 e. The topological polar surface area (TPSA) is 165 Å². The van der Waals surface area contributed by atoms with Gasteiger partial charge in [-0.05, 0) is 64.2 Å². The number of nitrogens with zero attached hydrogens (tertiary/aromatic N) is 5. The molecule has 0 unspecified atom stereocenters. The maximum absolute atomic E-state index is 14.2. The Morgan fingerprint density at radius 2 is 2.04 bits per heavy atom. The SMILES string of the molecule is C=C/C(=C(\N=CC)[C@H](C)OC)c1c2c3cc(ccc3n1CC)-c1csc(n1)C[C@H](NC(=O)N1CC[C@H]1CS(C)(=O)=O)C(=O)N1CCC[C@H](N1)C(=O)OCC(C)(C)C2. The number of rotatable bonds is 9. The molecule has 0 spiro atoms. The highest BCUT2D eigenvalue weighted by atomic mass is 32.2. The van der Waals surface area contributed by atoms with Gasteiger partial charge in [-0.25, -0.2) is 23.6 Å². The van der Waals surface area contributed by atoms with Crippen LogP contribution in [0.4, 0.5) is 4.79 Å². The lowest BCUT2D eigenvalue weighted by atomic mass is 9.84. The third kappa shape index (κ3) is 9.19. The van der Waals surface area contributed by atoms with E-state index in [1.165, 1.54) is 21.2 Å². The van der Waals surface area contributed by atoms with E-state index in [0.717, 1.165) is 50.9 Å². The number of likely N-dealkylation sites (tertiary alicyclic amines) is 1. The fourth-order valence-corrected chi connectivity index (χ4v) is 9.84. The minimum atomic E-state index is -3.32. The fourth-order valence-electron chi connectivity index (χ4n) is 7.94. The first kappa shape index (κ1) is 42.2. The molecule has 57 heavy (non-hydrogen) atoms. The molecule has 1 aromatic carbocycles. The molecule has 5 heterocycles. The van der Waals surface area contributed by atoms with E-state index in [9.17, 15) is 22.8 Å². The number of urea groups is 1. The Labute approximate surface area is 339 Å². The third-order valence-corrected chi connectivity index (χ3v) is 12.8. The number of thiazole rings is 1. The second-order valence-corrected chi connectivity index (χ2v) is 19.0. The Hall–Kier alpha value is -4.38. The van der Waals surface area contributed by atoms with Gasteiger partial charge in [0.15, 0.2) is 0 Å². The number of hydrazine groups is 1. The predicted molar refractivity (Wildman–Crippen MR) is 224 cm³/mol. The third-order valence-electron chi connectivity index (χ3n) is 10.9. The van der Waals surface area contributed by atoms with Gasteiger partial charge in [0, 0.05) is 84.5 Å². The van der Waals surface area contributed by atoms with E-state index in [1.54, 1.807) is 13.3 Å². The summed E-state index contributed by atoms with van der Waals surface area (Å²) in [6, 6.07) is 3.50. The normalized spacial score (nSPS) is 22.8. The Morgan fingerprint density at radius 3 is 2.68 bits per heavy atom. The number of fused-ring (bicyclic) bond motifs is 6. The van der Waals surface area contributed by atoms with Crippen molar-refractivity contribution >= 4 is 61.8 Å². The first-order valence-corrected chi connectivity index (χ1v) is 22.5. The smallest absolute Gasteiger partial charge is 0.324 e. The number of hydrogen-bond acceptors (Lipinski definition) is 11. The van der Waals surface area contributed by atoms with Gasteiger partial charge in [0.25, 0.3) is 5.91 Å². The van der Waals surface area contributed by atoms with Gasteiger partial charge in [-0.1, -0.05) is 32.6 Å². The van der Waals surface area contributed by atoms with Crippen molar-refractivity contribution in [2.45, 2.75) is 97.5 Å². The van der Waals surface area contributed by atoms with Crippen LogP contribution < -0.4 is 10.7 Å². The lowest BCUT2D eigenvalue weighted by Gasteiger charge is -2.41. The molecule has 14 nitrogen and oxygen atoms in total. The van der Waals surface area contributed by atoms with Gasteiger partial charge in [-0.15, -0.1) is 11.3 Å². The van der Waals surface area contributed by atoms with Gasteiger partial charge < -0.3 is 24.3 Å². The maximum Gasteiger partial charge on any atom is 0.324 e. The molecule has 4 atom stereocenters. The Bertz CT molecular complexity index is 2210. The molecular weight excluding hydrogens is 767 g/mol. The van der Waals surface area contributed by atoms with Gasteiger partial charge >= 0.3 is 12.0 Å². The summed E-state index contributed by atoms with van der Waals surface area (Å²) in [5, 5.41) is 7.90. The summed E-state index contributed by atoms with van der Waals surface area (Å²) in [6.07, 6.45) is 6.66. The predicted octanol–water partition coefficient (Wildman–Crippen LogP) is 5.17. The van der Waals surface area contributed by atoms with Crippen molar-refractivity contribution in [2.75, 3.05) is 38.8 Å². The van der Waals surface area contributed by atoms with Gasteiger partial charge in [0.2, 0.25) is 0 Å². The van der Waals surface area contributed by atoms with E-state index in [0.29, 0.717) is 50.3 Å². The zero-order valence-electron chi connectivity index (χ0n) is 34.0. The van der Waals surface area contributed by atoms with Crippen molar-refractivity contribution in [2.24, 2.45) is 10.4 Å². The van der Waals surface area contributed by atoms with Crippen LogP contribution in [0.3, 0.4) is 0 Å². The average Bonchev–Trinajstić information content (AvgIpc) is 3.75. The molecule has 0 aliphatic carbocycles. The number of aryl methyl sites for hydroxylation is 1. The number of amides is 3. The molecule has 3 aromatic rings. The van der Waals surface area contributed by atoms with Crippen LogP contribution in [0.2, 0.25) is 0 Å². The number of carbonyl (C=O) groups excluding carboxylic acids is 3. The van der Waals surface area contributed by atoms with E-state index in [1.807, 2.05) is 31.4 Å². The number of esters is 1. The number of nitrogens with one attached hydrogen (secondary N) is 2. The zero-order valence-corrected chi connectivity index (χ0v) is 35.6. The zero-order chi connectivity index (χ0) is 41.2. The van der Waals surface area contributed by atoms with Crippen molar-refractivity contribution in [1.82, 2.24) is 30.2 Å². The molecule has 3 aliphatic rings. The van der Waals surface area contributed by atoms with Crippen LogP contribution >= 0.6 is 11.3 Å². The number of benzene rings is 1. The lowest BCUT2D eigenvalue weighted by Crippen LogP contribution is -2.63. The van der Waals surface area contributed by atoms with E-state index in [-0.39, 0.29) is 24.9 Å². The van der Waals surface area contributed by atoms with Gasteiger partial charge in [0.1, 0.15) is 21.9 Å². The molecule has 2 saturated heterocycles. The highest BCUT2D eigenvalue weighted by molar-refractivity contribution is 7.90. The molecule has 16 heteroatoms. The summed E-state index contributed by atoms with van der Waals surface area (Å²) >= 11 is 1.40. The van der Waals surface area contributed by atoms with Gasteiger partial charge in [-0.3, -0.25) is 19.6 Å². The molecule has 0 saturated carbocycles. The van der Waals surface area contributed by atoms with Gasteiger partial charge in [-0.2, -0.15) is 0 Å². The van der Waals surface area contributed by atoms with Crippen LogP contribution in [-0.4, -0.2) is 115 Å². The molecule has 2 aromatic heterocycles. The number of cyclic esters (lactones) is 1. The number of hydrogen-bond donors (Lipinski definition) is 2. The molecule has 3 amide bonds. The number of sulfone groups is 1. The van der Waals surface area contributed by atoms with Crippen LogP contribution in [0.1, 0.15) is 70.1 Å². The lowest BCUT2D eigenvalue weighted by molar-refractivity contribution is -0.155. The Kier molecular flexibility index (Phi) is 12.8. The van der Waals surface area contributed by atoms with E-state index in [4.69, 9.17) is 19.5 Å². The molecule has 2 N–H and O–H groups in total. The van der Waals surface area contributed by atoms with Crippen LogP contribution in [-0.2, 0) is 48.3 Å². The summed E-state index contributed by atoms with van der Waals surface area (Å²) < 4.78 is 38.2. The number of ether oxygens (including phenoxy) is 2. The molecule has 6 rings (SSSR count). The van der Waals surface area contributed by atoms with E-state index < -0.39 is 51.3 Å². The van der Waals surface area contributed by atoms with Crippen molar-refractivity contribution in [1.29, 1.82) is 0 Å². The second-order valence-electron chi connectivity index (χ2n) is 15.9. The van der Waals surface area contributed by atoms with Crippen molar-refractivity contribution in [3.05, 3.63) is 58.2 Å². The molecule has 0 radical (unpaired) electrons. The average molecular weight is 822 g/mol. The first-order chi connectivity index (χ1) is 27.1. The molecular formula is C41H55N7O7S2. The second kappa shape index (κ2) is 17.2. The minimum absolute atomic E-state index is 0.0943. The van der Waals surface area contributed by atoms with Crippen molar-refractivity contribution in [3.63, 3.8) is 0 Å². The summed E-state index contributed by atoms with van der Waals surface area (Å²) in [6.45, 7) is 15.8. The van der Waals surface area contributed by atoms with Crippen LogP contribution in [0.15, 0.2) is 46.9 Å². The molecule has 308 valence electrons. The molecule has 6 bridgehead atoms. The van der Waals surface area contributed by atoms with Crippen molar-refractivity contribution in [3.8, 4) is 11.3 Å². The quantitative estimate of drug-likeness (QED) is 0.169. The highest BCUT2D eigenvalue weighted by Crippen LogP contribution is 2.40. The maximum atomic E-state index is 14.2. The number of methoxy groups -OCH3 is 1. The summed E-state index contributed by atoms with van der Waals surface area (Å²) in [7, 11) is -1.66. The number of allylic oxidation sites excluding steroid dienone is 2. The van der Waals surface area contributed by atoms with Crippen LogP contribution in [0.5, 0.6) is 0 Å². The van der Waals surface area contributed by atoms with Crippen molar-refractivity contribution < 1.29 is 32.3 Å². The molecule has 3 aliphatic heterocycles. The van der Waals surface area contributed by atoms with E-state index in [2.05, 4.69) is 54.8 Å². The monoisotopic (exact) mass is 821 g/mol. The van der Waals surface area contributed by atoms with Crippen LogP contribution in [0, 0.1) is 5.41 Å². The first-order valence-electron chi connectivity index (χ1n) is 19.5. The number of aromatic nitrogens is 2. The summed E-state index contributed by atoms with van der Waals surface area (Å²) in [4.78, 5) is 52.7. The molecule has 2 fully saturated rings. The Balaban J connectivity index is 1.47. The standard InChI is InChI=1S/C41H55N7O7S2/c1-9-28(36(42-10-2)25(4)54-7)37-30-21-41(5,6)24-55-39(50)31-13-12-17-48(45-31)38(49)32(44-40(51)47-18-16-27(47)23-57(8,52)53)20-35-43-33(22-56-35)26-14-15-34(29(30)19-26)46(37)11-3/h9-10,14-15,19,22,25,27,31-32,45H,1,11-13,16-18,20-21,23-24H2,2-8H3,(H,44,51)/b36-28+,42-10?/t25-,27-,31-,32-/m0/s1.